The van der Waals surface area contributed by atoms with Crippen LogP contribution in [0.2, 0.25) is 5.02 Å². The third-order valence-corrected chi connectivity index (χ3v) is 7.62. The Morgan fingerprint density at radius 1 is 0.970 bits per heavy atom. The highest BCUT2D eigenvalue weighted by atomic mass is 35.5. The van der Waals surface area contributed by atoms with Gasteiger partial charge in [-0.25, -0.2) is 8.42 Å². The number of hydrogen-bond donors (Lipinski definition) is 1. The standard InChI is InChI=1S/C26H29ClN2O3S/c1-19-9-14-24(17-20(19)2)29(33(31,32)25-15-12-23(27)13-16-25)18-26(30)28-21(3)10-11-22-7-5-4-6-8-22/h4-9,12-17,21H,10-11,18H2,1-3H3,(H,28,30)/t21-/m1/s1. The molecule has 0 bridgehead atoms. The maximum Gasteiger partial charge on any atom is 0.264 e. The van der Waals surface area contributed by atoms with Gasteiger partial charge in [-0.05, 0) is 86.7 Å². The maximum atomic E-state index is 13.5. The number of nitrogens with one attached hydrogen (secondary N) is 1. The van der Waals surface area contributed by atoms with Crippen molar-refractivity contribution >= 4 is 33.2 Å². The van der Waals surface area contributed by atoms with Crippen LogP contribution in [0.3, 0.4) is 0 Å². The number of nitrogens with zero attached hydrogens (tertiary/aromatic N) is 1. The summed E-state index contributed by atoms with van der Waals surface area (Å²) in [5.74, 6) is -0.355. The third kappa shape index (κ3) is 6.59. The van der Waals surface area contributed by atoms with Crippen molar-refractivity contribution in [1.29, 1.82) is 0 Å². The Labute approximate surface area is 201 Å². The number of hydrogen-bond acceptors (Lipinski definition) is 3. The van der Waals surface area contributed by atoms with Gasteiger partial charge in [-0.3, -0.25) is 9.10 Å². The van der Waals surface area contributed by atoms with Crippen LogP contribution < -0.4 is 9.62 Å². The minimum absolute atomic E-state index is 0.0788. The Morgan fingerprint density at radius 3 is 2.27 bits per heavy atom. The van der Waals surface area contributed by atoms with Crippen LogP contribution >= 0.6 is 11.6 Å². The molecule has 33 heavy (non-hydrogen) atoms. The zero-order valence-corrected chi connectivity index (χ0v) is 20.7. The van der Waals surface area contributed by atoms with Crippen LogP contribution in [0.5, 0.6) is 0 Å². The molecule has 0 saturated carbocycles. The van der Waals surface area contributed by atoms with E-state index in [2.05, 4.69) is 17.4 Å². The number of amides is 1. The average molecular weight is 485 g/mol. The molecule has 0 aliphatic heterocycles. The van der Waals surface area contributed by atoms with Gasteiger partial charge in [0, 0.05) is 11.1 Å². The molecule has 7 heteroatoms. The second-order valence-electron chi connectivity index (χ2n) is 8.23. The Morgan fingerprint density at radius 2 is 1.64 bits per heavy atom. The quantitative estimate of drug-likeness (QED) is 0.448. The molecule has 3 rings (SSSR count). The van der Waals surface area contributed by atoms with E-state index >= 15 is 0 Å². The Bertz CT molecular complexity index is 1200. The normalized spacial score (nSPS) is 12.2. The molecule has 0 aliphatic rings. The summed E-state index contributed by atoms with van der Waals surface area (Å²) in [6.45, 7) is 5.48. The highest BCUT2D eigenvalue weighted by Gasteiger charge is 2.28. The van der Waals surface area contributed by atoms with Crippen LogP contribution in [0.25, 0.3) is 0 Å². The molecule has 0 saturated heterocycles. The third-order valence-electron chi connectivity index (χ3n) is 5.58. The molecule has 1 atom stereocenters. The maximum absolute atomic E-state index is 13.5. The van der Waals surface area contributed by atoms with Gasteiger partial charge in [-0.15, -0.1) is 0 Å². The second kappa shape index (κ2) is 10.9. The molecular weight excluding hydrogens is 456 g/mol. The summed E-state index contributed by atoms with van der Waals surface area (Å²) in [6.07, 6.45) is 1.58. The summed E-state index contributed by atoms with van der Waals surface area (Å²) < 4.78 is 28.1. The Hall–Kier alpha value is -2.83. The predicted octanol–water partition coefficient (Wildman–Crippen LogP) is 5.29. The first-order chi connectivity index (χ1) is 15.7. The monoisotopic (exact) mass is 484 g/mol. The van der Waals surface area contributed by atoms with Crippen molar-refractivity contribution < 1.29 is 13.2 Å². The van der Waals surface area contributed by atoms with Crippen molar-refractivity contribution in [2.45, 2.75) is 44.6 Å². The van der Waals surface area contributed by atoms with E-state index in [1.54, 1.807) is 12.1 Å². The van der Waals surface area contributed by atoms with Crippen molar-refractivity contribution in [2.75, 3.05) is 10.8 Å². The number of carbonyl (C=O) groups is 1. The van der Waals surface area contributed by atoms with E-state index in [1.165, 1.54) is 29.8 Å². The molecule has 0 fully saturated rings. The average Bonchev–Trinajstić information content (AvgIpc) is 2.79. The van der Waals surface area contributed by atoms with E-state index in [9.17, 15) is 13.2 Å². The molecule has 174 valence electrons. The first-order valence-corrected chi connectivity index (χ1v) is 12.7. The van der Waals surface area contributed by atoms with Crippen molar-refractivity contribution in [1.82, 2.24) is 5.32 Å². The zero-order chi connectivity index (χ0) is 24.0. The van der Waals surface area contributed by atoms with Gasteiger partial charge in [-0.1, -0.05) is 48.0 Å². The Balaban J connectivity index is 1.79. The molecule has 0 spiro atoms. The molecule has 1 N–H and O–H groups in total. The van der Waals surface area contributed by atoms with Gasteiger partial charge >= 0.3 is 0 Å². The van der Waals surface area contributed by atoms with Crippen molar-refractivity contribution in [2.24, 2.45) is 0 Å². The van der Waals surface area contributed by atoms with Crippen LogP contribution in [0.4, 0.5) is 5.69 Å². The smallest absolute Gasteiger partial charge is 0.264 e. The number of aryl methyl sites for hydroxylation is 3. The lowest BCUT2D eigenvalue weighted by atomic mass is 10.1. The van der Waals surface area contributed by atoms with Crippen molar-refractivity contribution in [3.63, 3.8) is 0 Å². The Kier molecular flexibility index (Phi) is 8.16. The topological polar surface area (TPSA) is 66.5 Å². The molecule has 3 aromatic carbocycles. The van der Waals surface area contributed by atoms with Gasteiger partial charge in [0.1, 0.15) is 6.54 Å². The summed E-state index contributed by atoms with van der Waals surface area (Å²) in [4.78, 5) is 13.0. The van der Waals surface area contributed by atoms with Gasteiger partial charge < -0.3 is 5.32 Å². The number of carbonyl (C=O) groups excluding carboxylic acids is 1. The first kappa shape index (κ1) is 24.8. The minimum atomic E-state index is -3.97. The van der Waals surface area contributed by atoms with E-state index in [0.29, 0.717) is 10.7 Å². The fraction of sp³-hybridized carbons (Fsp3) is 0.269. The summed E-state index contributed by atoms with van der Waals surface area (Å²) in [6, 6.07) is 21.3. The fourth-order valence-electron chi connectivity index (χ4n) is 3.48. The van der Waals surface area contributed by atoms with Crippen LogP contribution in [0, 0.1) is 13.8 Å². The van der Waals surface area contributed by atoms with E-state index in [4.69, 9.17) is 11.6 Å². The lowest BCUT2D eigenvalue weighted by Crippen LogP contribution is -2.43. The second-order valence-corrected chi connectivity index (χ2v) is 10.5. The summed E-state index contributed by atoms with van der Waals surface area (Å²) >= 11 is 5.94. The molecule has 3 aromatic rings. The number of benzene rings is 3. The van der Waals surface area contributed by atoms with E-state index in [0.717, 1.165) is 28.3 Å². The van der Waals surface area contributed by atoms with Gasteiger partial charge in [0.05, 0.1) is 10.6 Å². The van der Waals surface area contributed by atoms with Crippen molar-refractivity contribution in [3.8, 4) is 0 Å². The zero-order valence-electron chi connectivity index (χ0n) is 19.1. The summed E-state index contributed by atoms with van der Waals surface area (Å²) in [5, 5.41) is 3.38. The summed E-state index contributed by atoms with van der Waals surface area (Å²) in [5.41, 5.74) is 3.63. The molecular formula is C26H29ClN2O3S. The van der Waals surface area contributed by atoms with Gasteiger partial charge in [0.25, 0.3) is 10.0 Å². The molecule has 0 aromatic heterocycles. The van der Waals surface area contributed by atoms with E-state index in [-0.39, 0.29) is 23.4 Å². The number of halogens is 1. The largest absolute Gasteiger partial charge is 0.352 e. The van der Waals surface area contributed by atoms with Crippen molar-refractivity contribution in [3.05, 3.63) is 94.5 Å². The van der Waals surface area contributed by atoms with Gasteiger partial charge in [-0.2, -0.15) is 0 Å². The molecule has 5 nitrogen and oxygen atoms in total. The molecule has 0 aliphatic carbocycles. The molecule has 0 unspecified atom stereocenters. The highest BCUT2D eigenvalue weighted by molar-refractivity contribution is 7.92. The van der Waals surface area contributed by atoms with E-state index < -0.39 is 10.0 Å². The van der Waals surface area contributed by atoms with Crippen LogP contribution in [-0.4, -0.2) is 26.9 Å². The lowest BCUT2D eigenvalue weighted by molar-refractivity contribution is -0.120. The van der Waals surface area contributed by atoms with Crippen LogP contribution in [0.15, 0.2) is 77.7 Å². The minimum Gasteiger partial charge on any atom is -0.352 e. The van der Waals surface area contributed by atoms with Crippen LogP contribution in [0.1, 0.15) is 30.0 Å². The fourth-order valence-corrected chi connectivity index (χ4v) is 5.02. The summed E-state index contributed by atoms with van der Waals surface area (Å²) in [7, 11) is -3.97. The van der Waals surface area contributed by atoms with Gasteiger partial charge in [0.15, 0.2) is 0 Å². The SMILES string of the molecule is Cc1ccc(N(CC(=O)N[C@H](C)CCc2ccccc2)S(=O)(=O)c2ccc(Cl)cc2)cc1C. The first-order valence-electron chi connectivity index (χ1n) is 10.9. The molecule has 1 amide bonds. The molecule has 0 heterocycles. The highest BCUT2D eigenvalue weighted by Crippen LogP contribution is 2.26. The van der Waals surface area contributed by atoms with E-state index in [1.807, 2.05) is 45.0 Å². The predicted molar refractivity (Wildman–Crippen MR) is 134 cm³/mol. The van der Waals surface area contributed by atoms with Gasteiger partial charge in [0.2, 0.25) is 5.91 Å². The number of anilines is 1. The lowest BCUT2D eigenvalue weighted by Gasteiger charge is -2.25. The molecule has 0 radical (unpaired) electrons. The number of sulfonamides is 1. The van der Waals surface area contributed by atoms with Crippen LogP contribution in [-0.2, 0) is 21.2 Å². The number of rotatable bonds is 9.